The molecule has 0 unspecified atom stereocenters. The second-order valence-corrected chi connectivity index (χ2v) is 6.46. The summed E-state index contributed by atoms with van der Waals surface area (Å²) in [5.41, 5.74) is 4.79. The van der Waals surface area contributed by atoms with Gasteiger partial charge in [-0.05, 0) is 49.1 Å². The molecule has 1 aliphatic rings. The first-order chi connectivity index (χ1) is 12.2. The SMILES string of the molecule is COc1ccc([C@H]2CC(=O)c3c(C)nn(-c4ccccc4)c3C2)cc1. The molecule has 1 heterocycles. The molecule has 0 fully saturated rings. The topological polar surface area (TPSA) is 44.1 Å². The number of ether oxygens (including phenoxy) is 1. The van der Waals surface area contributed by atoms with Gasteiger partial charge in [-0.25, -0.2) is 4.68 Å². The monoisotopic (exact) mass is 332 g/mol. The van der Waals surface area contributed by atoms with Crippen LogP contribution in [0.3, 0.4) is 0 Å². The summed E-state index contributed by atoms with van der Waals surface area (Å²) in [6, 6.07) is 18.0. The van der Waals surface area contributed by atoms with Crippen LogP contribution in [-0.2, 0) is 6.42 Å². The molecule has 3 aromatic rings. The Morgan fingerprint density at radius 1 is 1.04 bits per heavy atom. The number of hydrogen-bond donors (Lipinski definition) is 0. The average Bonchev–Trinajstić information content (AvgIpc) is 2.99. The van der Waals surface area contributed by atoms with Crippen molar-refractivity contribution in [1.82, 2.24) is 9.78 Å². The highest BCUT2D eigenvalue weighted by Crippen LogP contribution is 2.35. The summed E-state index contributed by atoms with van der Waals surface area (Å²) in [6.45, 7) is 1.92. The maximum atomic E-state index is 12.8. The average molecular weight is 332 g/mol. The third kappa shape index (κ3) is 2.74. The summed E-state index contributed by atoms with van der Waals surface area (Å²) in [6.07, 6.45) is 1.34. The number of ketones is 1. The van der Waals surface area contributed by atoms with Crippen LogP contribution in [0.25, 0.3) is 5.69 Å². The third-order valence-corrected chi connectivity index (χ3v) is 4.89. The molecule has 0 N–H and O–H groups in total. The summed E-state index contributed by atoms with van der Waals surface area (Å²) in [5, 5.41) is 4.64. The molecular weight excluding hydrogens is 312 g/mol. The summed E-state index contributed by atoms with van der Waals surface area (Å²) >= 11 is 0. The number of fused-ring (bicyclic) bond motifs is 1. The quantitative estimate of drug-likeness (QED) is 0.725. The molecule has 1 aromatic heterocycles. The van der Waals surface area contributed by atoms with Gasteiger partial charge in [0, 0.05) is 6.42 Å². The van der Waals surface area contributed by atoms with E-state index in [2.05, 4.69) is 17.2 Å². The van der Waals surface area contributed by atoms with Crippen LogP contribution in [0.2, 0.25) is 0 Å². The third-order valence-electron chi connectivity index (χ3n) is 4.89. The Labute approximate surface area is 147 Å². The van der Waals surface area contributed by atoms with Crippen molar-refractivity contribution in [2.45, 2.75) is 25.7 Å². The zero-order valence-corrected chi connectivity index (χ0v) is 14.4. The standard InChI is InChI=1S/C21H20N2O2/c1-14-21-19(23(22-14)17-6-4-3-5-7-17)12-16(13-20(21)24)15-8-10-18(25-2)11-9-15/h3-11,16H,12-13H2,1-2H3/t16-/m1/s1. The van der Waals surface area contributed by atoms with Gasteiger partial charge in [0.25, 0.3) is 0 Å². The van der Waals surface area contributed by atoms with E-state index >= 15 is 0 Å². The number of benzene rings is 2. The smallest absolute Gasteiger partial charge is 0.167 e. The van der Waals surface area contributed by atoms with E-state index < -0.39 is 0 Å². The molecule has 1 aliphatic carbocycles. The van der Waals surface area contributed by atoms with E-state index in [-0.39, 0.29) is 11.7 Å². The lowest BCUT2D eigenvalue weighted by Gasteiger charge is -2.23. The minimum absolute atomic E-state index is 0.171. The van der Waals surface area contributed by atoms with E-state index in [4.69, 9.17) is 4.74 Å². The van der Waals surface area contributed by atoms with Crippen molar-refractivity contribution in [3.05, 3.63) is 77.1 Å². The van der Waals surface area contributed by atoms with Crippen LogP contribution in [-0.4, -0.2) is 22.7 Å². The van der Waals surface area contributed by atoms with Crippen LogP contribution in [0.1, 0.15) is 39.6 Å². The van der Waals surface area contributed by atoms with Gasteiger partial charge in [0.2, 0.25) is 0 Å². The number of rotatable bonds is 3. The van der Waals surface area contributed by atoms with Crippen LogP contribution in [0, 0.1) is 6.92 Å². The van der Waals surface area contributed by atoms with Gasteiger partial charge in [0.1, 0.15) is 5.75 Å². The zero-order valence-electron chi connectivity index (χ0n) is 14.4. The van der Waals surface area contributed by atoms with Crippen molar-refractivity contribution in [2.75, 3.05) is 7.11 Å². The fourth-order valence-corrected chi connectivity index (χ4v) is 3.65. The molecule has 0 amide bonds. The van der Waals surface area contributed by atoms with Crippen LogP contribution in [0.5, 0.6) is 5.75 Å². The number of nitrogens with zero attached hydrogens (tertiary/aromatic N) is 2. The lowest BCUT2D eigenvalue weighted by molar-refractivity contribution is 0.0963. The molecule has 4 nitrogen and oxygen atoms in total. The van der Waals surface area contributed by atoms with Gasteiger partial charge < -0.3 is 4.74 Å². The number of methoxy groups -OCH3 is 1. The molecule has 0 aliphatic heterocycles. The first-order valence-electron chi connectivity index (χ1n) is 8.48. The van der Waals surface area contributed by atoms with Crippen molar-refractivity contribution in [2.24, 2.45) is 0 Å². The van der Waals surface area contributed by atoms with Crippen molar-refractivity contribution in [3.8, 4) is 11.4 Å². The Morgan fingerprint density at radius 3 is 2.44 bits per heavy atom. The Bertz CT molecular complexity index is 911. The highest BCUT2D eigenvalue weighted by molar-refractivity contribution is 6.00. The molecule has 0 saturated carbocycles. The first-order valence-corrected chi connectivity index (χ1v) is 8.48. The zero-order chi connectivity index (χ0) is 17.4. The molecule has 1 atom stereocenters. The van der Waals surface area contributed by atoms with E-state index in [9.17, 15) is 4.79 Å². The van der Waals surface area contributed by atoms with Gasteiger partial charge in [-0.1, -0.05) is 30.3 Å². The van der Waals surface area contributed by atoms with E-state index in [0.29, 0.717) is 6.42 Å². The summed E-state index contributed by atoms with van der Waals surface area (Å²) < 4.78 is 7.16. The van der Waals surface area contributed by atoms with Crippen LogP contribution < -0.4 is 4.74 Å². The molecule has 0 bridgehead atoms. The maximum Gasteiger partial charge on any atom is 0.167 e. The molecule has 2 aromatic carbocycles. The first kappa shape index (κ1) is 15.6. The lowest BCUT2D eigenvalue weighted by Crippen LogP contribution is -2.20. The molecule has 126 valence electrons. The molecule has 4 heteroatoms. The fraction of sp³-hybridized carbons (Fsp3) is 0.238. The minimum atomic E-state index is 0.171. The Hall–Kier alpha value is -2.88. The number of carbonyl (C=O) groups is 1. The normalized spacial score (nSPS) is 16.6. The predicted molar refractivity (Wildman–Crippen MR) is 96.7 cm³/mol. The van der Waals surface area contributed by atoms with E-state index in [1.807, 2.05) is 54.1 Å². The second-order valence-electron chi connectivity index (χ2n) is 6.46. The van der Waals surface area contributed by atoms with Gasteiger partial charge in [-0.15, -0.1) is 0 Å². The molecule has 25 heavy (non-hydrogen) atoms. The number of carbonyl (C=O) groups excluding carboxylic acids is 1. The molecule has 0 spiro atoms. The molecule has 0 saturated heterocycles. The molecule has 4 rings (SSSR count). The summed E-state index contributed by atoms with van der Waals surface area (Å²) in [7, 11) is 1.66. The van der Waals surface area contributed by atoms with Crippen molar-refractivity contribution < 1.29 is 9.53 Å². The van der Waals surface area contributed by atoms with Crippen molar-refractivity contribution in [1.29, 1.82) is 0 Å². The van der Waals surface area contributed by atoms with Gasteiger partial charge in [-0.3, -0.25) is 4.79 Å². The van der Waals surface area contributed by atoms with E-state index in [1.54, 1.807) is 7.11 Å². The van der Waals surface area contributed by atoms with Gasteiger partial charge >= 0.3 is 0 Å². The highest BCUT2D eigenvalue weighted by atomic mass is 16.5. The summed E-state index contributed by atoms with van der Waals surface area (Å²) in [4.78, 5) is 12.8. The predicted octanol–water partition coefficient (Wildman–Crippen LogP) is 4.10. The summed E-state index contributed by atoms with van der Waals surface area (Å²) in [5.74, 6) is 1.18. The largest absolute Gasteiger partial charge is 0.497 e. The van der Waals surface area contributed by atoms with Crippen molar-refractivity contribution >= 4 is 5.78 Å². The number of hydrogen-bond acceptors (Lipinski definition) is 3. The Morgan fingerprint density at radius 2 is 1.76 bits per heavy atom. The second kappa shape index (κ2) is 6.20. The minimum Gasteiger partial charge on any atom is -0.497 e. The van der Waals surface area contributed by atoms with Crippen LogP contribution in [0.15, 0.2) is 54.6 Å². The number of Topliss-reactive ketones (excluding diaryl/α,β-unsaturated/α-hetero) is 1. The number of aryl methyl sites for hydroxylation is 1. The Kier molecular flexibility index (Phi) is 3.88. The lowest BCUT2D eigenvalue weighted by atomic mass is 9.81. The number of para-hydroxylation sites is 1. The van der Waals surface area contributed by atoms with Crippen LogP contribution in [0.4, 0.5) is 0 Å². The maximum absolute atomic E-state index is 12.8. The number of aromatic nitrogens is 2. The van der Waals surface area contributed by atoms with Gasteiger partial charge in [0.15, 0.2) is 5.78 Å². The van der Waals surface area contributed by atoms with Gasteiger partial charge in [-0.2, -0.15) is 5.10 Å². The molecule has 0 radical (unpaired) electrons. The van der Waals surface area contributed by atoms with Crippen molar-refractivity contribution in [3.63, 3.8) is 0 Å². The Balaban J connectivity index is 1.75. The highest BCUT2D eigenvalue weighted by Gasteiger charge is 2.32. The van der Waals surface area contributed by atoms with Gasteiger partial charge in [0.05, 0.1) is 29.7 Å². The fourth-order valence-electron chi connectivity index (χ4n) is 3.65. The van der Waals surface area contributed by atoms with E-state index in [1.165, 1.54) is 5.56 Å². The molecular formula is C21H20N2O2. The van der Waals surface area contributed by atoms with E-state index in [0.717, 1.165) is 34.8 Å². The van der Waals surface area contributed by atoms with Crippen LogP contribution >= 0.6 is 0 Å².